The molecule has 0 radical (unpaired) electrons. The molecule has 0 spiro atoms. The smallest absolute Gasteiger partial charge is 0.208 e. The van der Waals surface area contributed by atoms with E-state index in [1.54, 1.807) is 23.7 Å². The van der Waals surface area contributed by atoms with Gasteiger partial charge in [0.1, 0.15) is 0 Å². The number of thiazole rings is 1. The zero-order valence-electron chi connectivity index (χ0n) is 12.3. The summed E-state index contributed by atoms with van der Waals surface area (Å²) in [7, 11) is -3.13. The average Bonchev–Trinajstić information content (AvgIpc) is 2.97. The van der Waals surface area contributed by atoms with Crippen molar-refractivity contribution in [2.24, 2.45) is 0 Å². The van der Waals surface area contributed by atoms with E-state index in [1.807, 2.05) is 17.5 Å². The number of anilines is 1. The molecule has 2 aromatic heterocycles. The zero-order valence-corrected chi connectivity index (χ0v) is 13.9. The van der Waals surface area contributed by atoms with Crippen molar-refractivity contribution in [2.75, 3.05) is 24.2 Å². The summed E-state index contributed by atoms with van der Waals surface area (Å²) < 4.78 is 25.2. The Hall–Kier alpha value is -1.51. The van der Waals surface area contributed by atoms with Crippen LogP contribution < -0.4 is 9.62 Å². The molecule has 1 N–H and O–H groups in total. The Morgan fingerprint density at radius 2 is 2.14 bits per heavy atom. The molecular weight excluding hydrogens is 320 g/mol. The van der Waals surface area contributed by atoms with Crippen molar-refractivity contribution in [1.82, 2.24) is 14.7 Å². The van der Waals surface area contributed by atoms with Gasteiger partial charge in [-0.2, -0.15) is 0 Å². The third-order valence-corrected chi connectivity index (χ3v) is 5.26. The van der Waals surface area contributed by atoms with E-state index in [-0.39, 0.29) is 6.04 Å². The van der Waals surface area contributed by atoms with Crippen LogP contribution in [0.2, 0.25) is 0 Å². The minimum Gasteiger partial charge on any atom is -0.348 e. The number of piperidine rings is 1. The molecule has 1 saturated heterocycles. The molecule has 1 fully saturated rings. The van der Waals surface area contributed by atoms with Crippen LogP contribution in [-0.2, 0) is 10.0 Å². The molecule has 1 aliphatic heterocycles. The highest BCUT2D eigenvalue weighted by Gasteiger charge is 2.23. The van der Waals surface area contributed by atoms with Gasteiger partial charge in [0.15, 0.2) is 5.13 Å². The molecule has 3 rings (SSSR count). The third kappa shape index (κ3) is 3.82. The molecule has 0 aromatic carbocycles. The molecule has 1 aliphatic rings. The van der Waals surface area contributed by atoms with Crippen molar-refractivity contribution in [3.8, 4) is 11.3 Å². The second-order valence-corrected chi connectivity index (χ2v) is 8.02. The largest absolute Gasteiger partial charge is 0.348 e. The lowest BCUT2D eigenvalue weighted by molar-refractivity contribution is 0.461. The number of nitrogens with one attached hydrogen (secondary N) is 1. The fourth-order valence-electron chi connectivity index (χ4n) is 2.55. The van der Waals surface area contributed by atoms with Crippen LogP contribution in [0.4, 0.5) is 5.13 Å². The van der Waals surface area contributed by atoms with Crippen LogP contribution in [-0.4, -0.2) is 43.8 Å². The van der Waals surface area contributed by atoms with E-state index in [2.05, 4.69) is 19.6 Å². The summed E-state index contributed by atoms with van der Waals surface area (Å²) in [6.07, 6.45) is 6.36. The van der Waals surface area contributed by atoms with Gasteiger partial charge < -0.3 is 4.90 Å². The van der Waals surface area contributed by atoms with Gasteiger partial charge in [-0.05, 0) is 25.0 Å². The minimum atomic E-state index is -3.13. The number of hydrogen-bond acceptors (Lipinski definition) is 6. The van der Waals surface area contributed by atoms with Crippen LogP contribution in [0.3, 0.4) is 0 Å². The standard InChI is InChI=1S/C14H18N4O2S2/c1-22(19,20)17-12-4-7-18(8-5-12)14-16-13(10-21-14)11-3-2-6-15-9-11/h2-3,6,9-10,12,17H,4-5,7-8H2,1H3. The lowest BCUT2D eigenvalue weighted by atomic mass is 10.1. The molecule has 8 heteroatoms. The molecule has 0 unspecified atom stereocenters. The highest BCUT2D eigenvalue weighted by molar-refractivity contribution is 7.88. The van der Waals surface area contributed by atoms with Crippen molar-refractivity contribution < 1.29 is 8.42 Å². The Kier molecular flexibility index (Phi) is 4.42. The SMILES string of the molecule is CS(=O)(=O)NC1CCN(c2nc(-c3cccnc3)cs2)CC1. The number of rotatable bonds is 4. The Morgan fingerprint density at radius 3 is 2.77 bits per heavy atom. The van der Waals surface area contributed by atoms with Crippen LogP contribution in [0.15, 0.2) is 29.9 Å². The van der Waals surface area contributed by atoms with Crippen molar-refractivity contribution in [3.63, 3.8) is 0 Å². The van der Waals surface area contributed by atoms with Crippen LogP contribution >= 0.6 is 11.3 Å². The number of aromatic nitrogens is 2. The number of hydrogen-bond donors (Lipinski definition) is 1. The van der Waals surface area contributed by atoms with Crippen molar-refractivity contribution >= 4 is 26.5 Å². The quantitative estimate of drug-likeness (QED) is 0.919. The highest BCUT2D eigenvalue weighted by atomic mass is 32.2. The van der Waals surface area contributed by atoms with Crippen molar-refractivity contribution in [3.05, 3.63) is 29.9 Å². The molecule has 6 nitrogen and oxygen atoms in total. The molecule has 0 atom stereocenters. The van der Waals surface area contributed by atoms with Gasteiger partial charge in [0.2, 0.25) is 10.0 Å². The molecule has 0 saturated carbocycles. The first kappa shape index (κ1) is 15.4. The number of nitrogens with zero attached hydrogens (tertiary/aromatic N) is 3. The molecule has 22 heavy (non-hydrogen) atoms. The van der Waals surface area contributed by atoms with E-state index in [9.17, 15) is 8.42 Å². The second-order valence-electron chi connectivity index (χ2n) is 5.41. The van der Waals surface area contributed by atoms with Crippen molar-refractivity contribution in [2.45, 2.75) is 18.9 Å². The second kappa shape index (κ2) is 6.31. The zero-order chi connectivity index (χ0) is 15.6. The summed E-state index contributed by atoms with van der Waals surface area (Å²) >= 11 is 1.61. The van der Waals surface area contributed by atoms with Gasteiger partial charge in [-0.25, -0.2) is 18.1 Å². The first-order valence-electron chi connectivity index (χ1n) is 7.09. The fraction of sp³-hybridized carbons (Fsp3) is 0.429. The maximum atomic E-state index is 11.3. The maximum Gasteiger partial charge on any atom is 0.208 e. The lowest BCUT2D eigenvalue weighted by Gasteiger charge is -2.31. The van der Waals surface area contributed by atoms with Crippen molar-refractivity contribution in [1.29, 1.82) is 0 Å². The third-order valence-electron chi connectivity index (χ3n) is 3.60. The average molecular weight is 338 g/mol. The van der Waals surface area contributed by atoms with Gasteiger partial charge in [-0.1, -0.05) is 0 Å². The molecule has 2 aromatic rings. The molecule has 0 aliphatic carbocycles. The first-order valence-corrected chi connectivity index (χ1v) is 9.86. The number of pyridine rings is 1. The summed E-state index contributed by atoms with van der Waals surface area (Å²) in [6.45, 7) is 1.63. The van der Waals surface area contributed by atoms with Crippen LogP contribution in [0.5, 0.6) is 0 Å². The lowest BCUT2D eigenvalue weighted by Crippen LogP contribution is -2.44. The van der Waals surface area contributed by atoms with E-state index in [4.69, 9.17) is 0 Å². The topological polar surface area (TPSA) is 75.2 Å². The number of sulfonamides is 1. The Balaban J connectivity index is 1.64. The van der Waals surface area contributed by atoms with Gasteiger partial charge in [0.05, 0.1) is 11.9 Å². The summed E-state index contributed by atoms with van der Waals surface area (Å²) in [5, 5.41) is 3.02. The van der Waals surface area contributed by atoms with Crippen LogP contribution in [0.25, 0.3) is 11.3 Å². The van der Waals surface area contributed by atoms with E-state index in [0.29, 0.717) is 0 Å². The van der Waals surface area contributed by atoms with Gasteiger partial charge in [-0.3, -0.25) is 4.98 Å². The van der Waals surface area contributed by atoms with Gasteiger partial charge in [0, 0.05) is 42.5 Å². The maximum absolute atomic E-state index is 11.3. The highest BCUT2D eigenvalue weighted by Crippen LogP contribution is 2.28. The summed E-state index contributed by atoms with van der Waals surface area (Å²) in [6, 6.07) is 3.93. The molecule has 3 heterocycles. The Morgan fingerprint density at radius 1 is 1.36 bits per heavy atom. The first-order chi connectivity index (χ1) is 10.5. The molecule has 0 bridgehead atoms. The molecule has 118 valence electrons. The van der Waals surface area contributed by atoms with Crippen LogP contribution in [0, 0.1) is 0 Å². The Bertz CT molecular complexity index is 722. The van der Waals surface area contributed by atoms with Gasteiger partial charge >= 0.3 is 0 Å². The van der Waals surface area contributed by atoms with Crippen LogP contribution in [0.1, 0.15) is 12.8 Å². The fourth-order valence-corrected chi connectivity index (χ4v) is 4.28. The minimum absolute atomic E-state index is 0.0315. The van der Waals surface area contributed by atoms with Gasteiger partial charge in [0.25, 0.3) is 0 Å². The Labute approximate surface area is 134 Å². The monoisotopic (exact) mass is 338 g/mol. The predicted molar refractivity (Wildman–Crippen MR) is 88.6 cm³/mol. The van der Waals surface area contributed by atoms with Gasteiger partial charge in [-0.15, -0.1) is 11.3 Å². The normalized spacial score (nSPS) is 16.9. The van der Waals surface area contributed by atoms with E-state index >= 15 is 0 Å². The predicted octanol–water partition coefficient (Wildman–Crippen LogP) is 1.72. The summed E-state index contributed by atoms with van der Waals surface area (Å²) in [4.78, 5) is 11.0. The van der Waals surface area contributed by atoms with E-state index < -0.39 is 10.0 Å². The molecular formula is C14H18N4O2S2. The molecule has 0 amide bonds. The summed E-state index contributed by atoms with van der Waals surface area (Å²) in [5.41, 5.74) is 1.95. The summed E-state index contributed by atoms with van der Waals surface area (Å²) in [5.74, 6) is 0. The van der Waals surface area contributed by atoms with E-state index in [0.717, 1.165) is 42.3 Å². The van der Waals surface area contributed by atoms with E-state index in [1.165, 1.54) is 6.26 Å².